The number of hydrogen-bond acceptors (Lipinski definition) is 2. The van der Waals surface area contributed by atoms with Crippen LogP contribution in [-0.4, -0.2) is 15.8 Å². The molecule has 0 aliphatic carbocycles. The summed E-state index contributed by atoms with van der Waals surface area (Å²) in [7, 11) is 0. The Hall–Kier alpha value is -0.0800. The Labute approximate surface area is 133 Å². The van der Waals surface area contributed by atoms with Crippen molar-refractivity contribution in [2.75, 3.05) is 0 Å². The van der Waals surface area contributed by atoms with Gasteiger partial charge in [0, 0.05) is 0 Å². The molecule has 1 unspecified atom stereocenters. The lowest BCUT2D eigenvalue weighted by Gasteiger charge is -2.18. The first-order valence-electron chi connectivity index (χ1n) is 9.33. The molecule has 0 amide bonds. The largest absolute Gasteiger partial charge is 0.387 e. The zero-order valence-corrected chi connectivity index (χ0v) is 14.6. The molecule has 0 aliphatic heterocycles. The third-order valence-corrected chi connectivity index (χ3v) is 4.31. The first kappa shape index (κ1) is 20.9. The van der Waals surface area contributed by atoms with Gasteiger partial charge in [-0.05, 0) is 13.3 Å². The summed E-state index contributed by atoms with van der Waals surface area (Å²) in [6, 6.07) is 0. The van der Waals surface area contributed by atoms with Gasteiger partial charge in [-0.15, -0.1) is 0 Å². The molecule has 2 heteroatoms. The maximum atomic E-state index is 9.61. The van der Waals surface area contributed by atoms with Crippen LogP contribution in [0.1, 0.15) is 110 Å². The van der Waals surface area contributed by atoms with Crippen molar-refractivity contribution in [1.82, 2.24) is 0 Å². The van der Waals surface area contributed by atoms with Gasteiger partial charge in [-0.2, -0.15) is 0 Å². The van der Waals surface area contributed by atoms with Crippen molar-refractivity contribution in [3.05, 3.63) is 6.61 Å². The summed E-state index contributed by atoms with van der Waals surface area (Å²) in [6.45, 7) is 4.85. The molecule has 2 N–H and O–H groups in total. The summed E-state index contributed by atoms with van der Waals surface area (Å²) in [6.07, 6.45) is 19.5. The smallest absolute Gasteiger partial charge is 0.111 e. The molecule has 127 valence electrons. The molecule has 0 bridgehead atoms. The van der Waals surface area contributed by atoms with Crippen LogP contribution >= 0.6 is 0 Å². The zero-order valence-electron chi connectivity index (χ0n) is 14.6. The Balaban J connectivity index is 3.06. The number of hydrogen-bond donors (Lipinski definition) is 2. The molecule has 2 nitrogen and oxygen atoms in total. The molecule has 1 atom stereocenters. The van der Waals surface area contributed by atoms with Crippen molar-refractivity contribution < 1.29 is 10.2 Å². The topological polar surface area (TPSA) is 40.5 Å². The Morgan fingerprint density at radius 3 is 1.33 bits per heavy atom. The fourth-order valence-electron chi connectivity index (χ4n) is 2.74. The van der Waals surface area contributed by atoms with E-state index in [1.54, 1.807) is 6.92 Å². The van der Waals surface area contributed by atoms with Crippen molar-refractivity contribution in [3.63, 3.8) is 0 Å². The molecule has 0 saturated heterocycles. The highest BCUT2D eigenvalue weighted by Crippen LogP contribution is 2.18. The molecule has 0 spiro atoms. The second kappa shape index (κ2) is 14.8. The maximum Gasteiger partial charge on any atom is 0.111 e. The van der Waals surface area contributed by atoms with E-state index in [9.17, 15) is 5.11 Å². The van der Waals surface area contributed by atoms with Crippen molar-refractivity contribution in [1.29, 1.82) is 0 Å². The van der Waals surface area contributed by atoms with Gasteiger partial charge in [0.25, 0.3) is 0 Å². The van der Waals surface area contributed by atoms with Crippen LogP contribution in [-0.2, 0) is 0 Å². The van der Waals surface area contributed by atoms with Gasteiger partial charge in [0.2, 0.25) is 0 Å². The highest BCUT2D eigenvalue weighted by Gasteiger charge is 2.18. The van der Waals surface area contributed by atoms with Crippen LogP contribution in [0.2, 0.25) is 0 Å². The van der Waals surface area contributed by atoms with Gasteiger partial charge in [0.15, 0.2) is 0 Å². The summed E-state index contributed by atoms with van der Waals surface area (Å²) in [5.74, 6) is 0. The van der Waals surface area contributed by atoms with Gasteiger partial charge >= 0.3 is 0 Å². The summed E-state index contributed by atoms with van der Waals surface area (Å²) in [4.78, 5) is 0. The van der Waals surface area contributed by atoms with Crippen LogP contribution in [0, 0.1) is 6.61 Å². The average Bonchev–Trinajstić information content (AvgIpc) is 2.47. The number of unbranched alkanes of at least 4 members (excludes halogenated alkanes) is 13. The molecule has 0 aromatic rings. The number of aliphatic hydroxyl groups is 2. The predicted octanol–water partition coefficient (Wildman–Crippen LogP) is 6.14. The second-order valence-electron chi connectivity index (χ2n) is 6.83. The lowest BCUT2D eigenvalue weighted by atomic mass is 9.98. The number of rotatable bonds is 16. The summed E-state index contributed by atoms with van der Waals surface area (Å²) in [5.41, 5.74) is -0.989. The van der Waals surface area contributed by atoms with Crippen molar-refractivity contribution in [3.8, 4) is 0 Å². The van der Waals surface area contributed by atoms with E-state index < -0.39 is 5.60 Å². The van der Waals surface area contributed by atoms with Crippen LogP contribution < -0.4 is 0 Å². The molecular weight excluding hydrogens is 260 g/mol. The minimum atomic E-state index is -0.989. The van der Waals surface area contributed by atoms with Gasteiger partial charge in [-0.3, -0.25) is 0 Å². The van der Waals surface area contributed by atoms with Crippen LogP contribution in [0.25, 0.3) is 0 Å². The van der Waals surface area contributed by atoms with Gasteiger partial charge in [-0.1, -0.05) is 96.8 Å². The van der Waals surface area contributed by atoms with Crippen LogP contribution in [0.15, 0.2) is 0 Å². The molecule has 0 saturated carbocycles. The standard InChI is InChI=1S/C19H39O2/c1-3-4-5-6-7-8-9-10-11-12-13-14-15-16-17-19(2,21)18-20/h18,20-21H,3-17H2,1-2H3. The molecular formula is C19H39O2. The fourth-order valence-corrected chi connectivity index (χ4v) is 2.74. The molecule has 0 fully saturated rings. The van der Waals surface area contributed by atoms with Crippen molar-refractivity contribution in [2.24, 2.45) is 0 Å². The molecule has 0 aliphatic rings. The van der Waals surface area contributed by atoms with E-state index in [2.05, 4.69) is 6.92 Å². The van der Waals surface area contributed by atoms with Gasteiger partial charge < -0.3 is 10.2 Å². The lowest BCUT2D eigenvalue weighted by molar-refractivity contribution is 0.0350. The lowest BCUT2D eigenvalue weighted by Crippen LogP contribution is -2.24. The zero-order chi connectivity index (χ0) is 15.8. The molecule has 0 aromatic carbocycles. The van der Waals surface area contributed by atoms with Gasteiger partial charge in [0.1, 0.15) is 6.61 Å². The van der Waals surface area contributed by atoms with E-state index >= 15 is 0 Å². The second-order valence-corrected chi connectivity index (χ2v) is 6.83. The molecule has 1 radical (unpaired) electrons. The summed E-state index contributed by atoms with van der Waals surface area (Å²) < 4.78 is 0. The SMILES string of the molecule is CCCCCCCCCCCCCCCCC(C)(O)[CH]O. The van der Waals surface area contributed by atoms with E-state index in [0.29, 0.717) is 6.42 Å². The first-order valence-corrected chi connectivity index (χ1v) is 9.33. The van der Waals surface area contributed by atoms with Gasteiger partial charge in [0.05, 0.1) is 5.60 Å². The molecule has 21 heavy (non-hydrogen) atoms. The molecule has 0 rings (SSSR count). The van der Waals surface area contributed by atoms with Crippen molar-refractivity contribution >= 4 is 0 Å². The maximum absolute atomic E-state index is 9.61. The average molecular weight is 300 g/mol. The van der Waals surface area contributed by atoms with E-state index in [0.717, 1.165) is 13.0 Å². The van der Waals surface area contributed by atoms with Crippen molar-refractivity contribution in [2.45, 2.75) is 116 Å². The van der Waals surface area contributed by atoms with E-state index in [4.69, 9.17) is 5.11 Å². The fraction of sp³-hybridized carbons (Fsp3) is 0.947. The van der Waals surface area contributed by atoms with E-state index in [1.165, 1.54) is 83.5 Å². The molecule has 0 heterocycles. The summed E-state index contributed by atoms with van der Waals surface area (Å²) >= 11 is 0. The predicted molar refractivity (Wildman–Crippen MR) is 91.8 cm³/mol. The highest BCUT2D eigenvalue weighted by molar-refractivity contribution is 4.79. The Kier molecular flexibility index (Phi) is 14.8. The van der Waals surface area contributed by atoms with E-state index in [-0.39, 0.29) is 0 Å². The Bertz CT molecular complexity index is 202. The highest BCUT2D eigenvalue weighted by atomic mass is 16.3. The van der Waals surface area contributed by atoms with E-state index in [1.807, 2.05) is 0 Å². The minimum absolute atomic E-state index is 0.668. The van der Waals surface area contributed by atoms with Gasteiger partial charge in [-0.25, -0.2) is 0 Å². The summed E-state index contributed by atoms with van der Waals surface area (Å²) in [5, 5.41) is 18.4. The molecule has 0 aromatic heterocycles. The Morgan fingerprint density at radius 1 is 0.667 bits per heavy atom. The first-order chi connectivity index (χ1) is 10.1. The number of aliphatic hydroxyl groups excluding tert-OH is 1. The minimum Gasteiger partial charge on any atom is -0.387 e. The third-order valence-electron chi connectivity index (χ3n) is 4.31. The monoisotopic (exact) mass is 299 g/mol. The van der Waals surface area contributed by atoms with Crippen LogP contribution in [0.3, 0.4) is 0 Å². The Morgan fingerprint density at radius 2 is 1.00 bits per heavy atom. The van der Waals surface area contributed by atoms with Crippen LogP contribution in [0.4, 0.5) is 0 Å². The normalized spacial score (nSPS) is 14.3. The van der Waals surface area contributed by atoms with Crippen LogP contribution in [0.5, 0.6) is 0 Å². The quantitative estimate of drug-likeness (QED) is 0.336. The third kappa shape index (κ3) is 16.1.